The summed E-state index contributed by atoms with van der Waals surface area (Å²) in [7, 11) is 0. The predicted molar refractivity (Wildman–Crippen MR) is 96.0 cm³/mol. The first-order valence-electron chi connectivity index (χ1n) is 9.73. The molecular weight excluding hydrogens is 278 g/mol. The Morgan fingerprint density at radius 1 is 0.870 bits per heavy atom. The number of hydrogen-bond acceptors (Lipinski definition) is 1. The first-order valence-corrected chi connectivity index (χ1v) is 9.73. The van der Waals surface area contributed by atoms with Gasteiger partial charge in [0.05, 0.1) is 11.6 Å². The monoisotopic (exact) mass is 309 g/mol. The molecule has 2 fully saturated rings. The molecule has 0 N–H and O–H groups in total. The van der Waals surface area contributed by atoms with E-state index < -0.39 is 0 Å². The van der Waals surface area contributed by atoms with Gasteiger partial charge in [-0.15, -0.1) is 0 Å². The second kappa shape index (κ2) is 8.00. The zero-order chi connectivity index (χ0) is 16.1. The fourth-order valence-electron chi connectivity index (χ4n) is 4.82. The summed E-state index contributed by atoms with van der Waals surface area (Å²) in [5, 5.41) is 8.86. The van der Waals surface area contributed by atoms with E-state index >= 15 is 0 Å². The quantitative estimate of drug-likeness (QED) is 0.657. The summed E-state index contributed by atoms with van der Waals surface area (Å²) in [6, 6.07) is 10.4. The van der Waals surface area contributed by atoms with Crippen molar-refractivity contribution in [2.75, 3.05) is 0 Å². The molecule has 2 saturated carbocycles. The van der Waals surface area contributed by atoms with Gasteiger partial charge < -0.3 is 0 Å². The fourth-order valence-corrected chi connectivity index (χ4v) is 4.82. The van der Waals surface area contributed by atoms with E-state index in [1.165, 1.54) is 69.8 Å². The Balaban J connectivity index is 1.39. The molecule has 2 aliphatic rings. The first kappa shape index (κ1) is 16.6. The summed E-state index contributed by atoms with van der Waals surface area (Å²) in [5.74, 6) is 4.00. The van der Waals surface area contributed by atoms with Crippen LogP contribution in [0.15, 0.2) is 24.3 Å². The highest BCUT2D eigenvalue weighted by Gasteiger charge is 2.29. The Hall–Kier alpha value is -1.29. The van der Waals surface area contributed by atoms with E-state index in [1.54, 1.807) is 0 Å². The topological polar surface area (TPSA) is 23.8 Å². The summed E-state index contributed by atoms with van der Waals surface area (Å²) in [5.41, 5.74) is 2.17. The molecule has 0 saturated heterocycles. The van der Waals surface area contributed by atoms with E-state index in [9.17, 15) is 0 Å². The number of rotatable bonds is 4. The van der Waals surface area contributed by atoms with Gasteiger partial charge >= 0.3 is 0 Å². The van der Waals surface area contributed by atoms with Crippen LogP contribution in [0.1, 0.15) is 75.8 Å². The lowest BCUT2D eigenvalue weighted by Crippen LogP contribution is -2.25. The van der Waals surface area contributed by atoms with Crippen LogP contribution >= 0.6 is 0 Å². The van der Waals surface area contributed by atoms with Crippen molar-refractivity contribution in [3.05, 3.63) is 35.4 Å². The van der Waals surface area contributed by atoms with E-state index in [2.05, 4.69) is 25.1 Å². The van der Waals surface area contributed by atoms with Crippen molar-refractivity contribution in [3.8, 4) is 6.07 Å². The summed E-state index contributed by atoms with van der Waals surface area (Å²) in [6.45, 7) is 2.43. The van der Waals surface area contributed by atoms with E-state index in [0.717, 1.165) is 29.2 Å². The largest absolute Gasteiger partial charge is 0.192 e. The molecule has 0 heterocycles. The highest BCUT2D eigenvalue weighted by Crippen LogP contribution is 2.42. The molecule has 2 aliphatic carbocycles. The second-order valence-electron chi connectivity index (χ2n) is 8.15. The lowest BCUT2D eigenvalue weighted by Gasteiger charge is -2.37. The van der Waals surface area contributed by atoms with Crippen molar-refractivity contribution in [2.45, 2.75) is 71.1 Å². The zero-order valence-corrected chi connectivity index (χ0v) is 14.6. The second-order valence-corrected chi connectivity index (χ2v) is 8.15. The minimum Gasteiger partial charge on any atom is -0.192 e. The molecule has 1 aromatic carbocycles. The van der Waals surface area contributed by atoms with Crippen molar-refractivity contribution in [1.82, 2.24) is 0 Å². The van der Waals surface area contributed by atoms with Crippen LogP contribution < -0.4 is 0 Å². The van der Waals surface area contributed by atoms with Gasteiger partial charge in [-0.1, -0.05) is 44.7 Å². The minimum atomic E-state index is 0.774. The van der Waals surface area contributed by atoms with Crippen LogP contribution in [0.25, 0.3) is 0 Å². The molecule has 124 valence electrons. The van der Waals surface area contributed by atoms with Gasteiger partial charge in [0.15, 0.2) is 0 Å². The molecule has 0 bridgehead atoms. The Morgan fingerprint density at radius 3 is 2.00 bits per heavy atom. The number of benzene rings is 1. The van der Waals surface area contributed by atoms with Gasteiger partial charge in [-0.2, -0.15) is 5.26 Å². The average molecular weight is 309 g/mol. The summed E-state index contributed by atoms with van der Waals surface area (Å²) in [4.78, 5) is 0. The van der Waals surface area contributed by atoms with Crippen LogP contribution in [0.4, 0.5) is 0 Å². The summed E-state index contributed by atoms with van der Waals surface area (Å²) >= 11 is 0. The molecule has 1 aromatic rings. The lowest BCUT2D eigenvalue weighted by atomic mass is 9.69. The molecule has 1 nitrogen and oxygen atoms in total. The normalized spacial score (nSPS) is 31.5. The standard InChI is InChI=1S/C22H31N/c1-17-2-12-21(13-3-17)22-14-10-19(11-15-22)5-4-18-6-8-20(16-23)9-7-18/h6-9,17,19,21-22H,2-5,10-15H2,1H3. The van der Waals surface area contributed by atoms with Gasteiger partial charge in [0.25, 0.3) is 0 Å². The molecule has 0 aliphatic heterocycles. The Labute approximate surface area is 142 Å². The molecule has 0 spiro atoms. The summed E-state index contributed by atoms with van der Waals surface area (Å²) < 4.78 is 0. The van der Waals surface area contributed by atoms with Crippen LogP contribution in [-0.4, -0.2) is 0 Å². The zero-order valence-electron chi connectivity index (χ0n) is 14.6. The molecule has 0 amide bonds. The Morgan fingerprint density at radius 2 is 1.43 bits per heavy atom. The Kier molecular flexibility index (Phi) is 5.76. The molecule has 0 atom stereocenters. The molecule has 0 aromatic heterocycles. The van der Waals surface area contributed by atoms with Crippen LogP contribution in [-0.2, 0) is 6.42 Å². The molecular formula is C22H31N. The third kappa shape index (κ3) is 4.60. The van der Waals surface area contributed by atoms with Crippen molar-refractivity contribution in [3.63, 3.8) is 0 Å². The lowest BCUT2D eigenvalue weighted by molar-refractivity contribution is 0.148. The van der Waals surface area contributed by atoms with Crippen molar-refractivity contribution < 1.29 is 0 Å². The van der Waals surface area contributed by atoms with E-state index in [1.807, 2.05) is 12.1 Å². The molecule has 0 unspecified atom stereocenters. The highest BCUT2D eigenvalue weighted by molar-refractivity contribution is 5.31. The number of nitriles is 1. The first-order chi connectivity index (χ1) is 11.2. The molecule has 0 radical (unpaired) electrons. The van der Waals surface area contributed by atoms with Crippen LogP contribution in [0.2, 0.25) is 0 Å². The SMILES string of the molecule is CC1CCC(C2CCC(CCc3ccc(C#N)cc3)CC2)CC1. The van der Waals surface area contributed by atoms with Gasteiger partial charge in [-0.25, -0.2) is 0 Å². The van der Waals surface area contributed by atoms with Crippen LogP contribution in [0, 0.1) is 35.0 Å². The molecule has 1 heteroatoms. The maximum atomic E-state index is 8.86. The maximum Gasteiger partial charge on any atom is 0.0991 e. The maximum absolute atomic E-state index is 8.86. The third-order valence-electron chi connectivity index (χ3n) is 6.54. The van der Waals surface area contributed by atoms with Crippen LogP contribution in [0.3, 0.4) is 0 Å². The highest BCUT2D eigenvalue weighted by atomic mass is 14.3. The number of hydrogen-bond donors (Lipinski definition) is 0. The van der Waals surface area contributed by atoms with E-state index in [-0.39, 0.29) is 0 Å². The fraction of sp³-hybridized carbons (Fsp3) is 0.682. The molecule has 23 heavy (non-hydrogen) atoms. The number of aryl methyl sites for hydroxylation is 1. The smallest absolute Gasteiger partial charge is 0.0991 e. The number of nitrogens with zero attached hydrogens (tertiary/aromatic N) is 1. The van der Waals surface area contributed by atoms with Gasteiger partial charge in [-0.3, -0.25) is 0 Å². The minimum absolute atomic E-state index is 0.774. The van der Waals surface area contributed by atoms with Crippen molar-refractivity contribution in [1.29, 1.82) is 5.26 Å². The molecule has 3 rings (SSSR count). The average Bonchev–Trinajstić information content (AvgIpc) is 2.61. The van der Waals surface area contributed by atoms with Crippen molar-refractivity contribution >= 4 is 0 Å². The van der Waals surface area contributed by atoms with Gasteiger partial charge in [0, 0.05) is 0 Å². The summed E-state index contributed by atoms with van der Waals surface area (Å²) in [6.07, 6.45) is 14.3. The third-order valence-corrected chi connectivity index (χ3v) is 6.54. The van der Waals surface area contributed by atoms with E-state index in [4.69, 9.17) is 5.26 Å². The van der Waals surface area contributed by atoms with Crippen LogP contribution in [0.5, 0.6) is 0 Å². The van der Waals surface area contributed by atoms with E-state index in [0.29, 0.717) is 0 Å². The Bertz CT molecular complexity index is 508. The van der Waals surface area contributed by atoms with Gasteiger partial charge in [-0.05, 0) is 79.9 Å². The van der Waals surface area contributed by atoms with Crippen molar-refractivity contribution in [2.24, 2.45) is 23.7 Å². The predicted octanol–water partition coefficient (Wildman–Crippen LogP) is 6.12. The van der Waals surface area contributed by atoms with Gasteiger partial charge in [0.2, 0.25) is 0 Å². The van der Waals surface area contributed by atoms with Gasteiger partial charge in [0.1, 0.15) is 0 Å².